The lowest BCUT2D eigenvalue weighted by molar-refractivity contribution is 0.625. The summed E-state index contributed by atoms with van der Waals surface area (Å²) in [5, 5.41) is 0. The van der Waals surface area contributed by atoms with Crippen LogP contribution in [0.1, 0.15) is 30.0 Å². The third-order valence-electron chi connectivity index (χ3n) is 3.31. The Balaban J connectivity index is 2.46. The molecule has 0 saturated heterocycles. The predicted octanol–water partition coefficient (Wildman–Crippen LogP) is 4.81. The zero-order valence-electron chi connectivity index (χ0n) is 11.6. The van der Waals surface area contributed by atoms with E-state index in [1.165, 1.54) is 18.2 Å². The third kappa shape index (κ3) is 3.05. The van der Waals surface area contributed by atoms with E-state index in [9.17, 15) is 8.78 Å². The molecule has 0 bridgehead atoms. The number of rotatable bonds is 3. The average molecular weight is 273 g/mol. The lowest BCUT2D eigenvalue weighted by Crippen LogP contribution is -1.94. The lowest BCUT2D eigenvalue weighted by atomic mass is 9.99. The number of aryl methyl sites for hydroxylation is 1. The number of allylic oxidation sites excluding steroid dienone is 1. The van der Waals surface area contributed by atoms with Gasteiger partial charge >= 0.3 is 0 Å². The molecule has 2 aromatic carbocycles. The quantitative estimate of drug-likeness (QED) is 0.630. The van der Waals surface area contributed by atoms with Gasteiger partial charge in [-0.15, -0.1) is 0 Å². The van der Waals surface area contributed by atoms with Crippen LogP contribution in [0.15, 0.2) is 36.4 Å². The number of benzene rings is 2. The Kier molecular flexibility index (Phi) is 4.18. The number of anilines is 1. The first kappa shape index (κ1) is 14.3. The third-order valence-corrected chi connectivity index (χ3v) is 3.31. The average Bonchev–Trinajstić information content (AvgIpc) is 2.42. The van der Waals surface area contributed by atoms with Gasteiger partial charge in [-0.2, -0.15) is 0 Å². The van der Waals surface area contributed by atoms with E-state index in [-0.39, 0.29) is 11.6 Å². The van der Waals surface area contributed by atoms with Crippen molar-refractivity contribution >= 4 is 17.3 Å². The fourth-order valence-corrected chi connectivity index (χ4v) is 2.07. The van der Waals surface area contributed by atoms with Gasteiger partial charge in [0.05, 0.1) is 0 Å². The molecule has 0 aliphatic carbocycles. The smallest absolute Gasteiger partial charge is 0.132 e. The molecule has 0 saturated carbocycles. The fraction of sp³-hybridized carbons (Fsp3) is 0.176. The van der Waals surface area contributed by atoms with Crippen LogP contribution in [0.3, 0.4) is 0 Å². The molecule has 0 fully saturated rings. The number of hydrogen-bond donors (Lipinski definition) is 1. The maximum Gasteiger partial charge on any atom is 0.132 e. The number of hydrogen-bond acceptors (Lipinski definition) is 1. The second-order valence-corrected chi connectivity index (χ2v) is 4.76. The molecule has 0 unspecified atom stereocenters. The van der Waals surface area contributed by atoms with E-state index in [1.807, 2.05) is 13.8 Å². The van der Waals surface area contributed by atoms with Gasteiger partial charge < -0.3 is 5.73 Å². The van der Waals surface area contributed by atoms with Gasteiger partial charge in [0.1, 0.15) is 11.6 Å². The maximum atomic E-state index is 13.9. The van der Waals surface area contributed by atoms with E-state index in [0.717, 1.165) is 23.1 Å². The molecule has 1 nitrogen and oxygen atoms in total. The summed E-state index contributed by atoms with van der Waals surface area (Å²) < 4.78 is 26.9. The molecule has 104 valence electrons. The van der Waals surface area contributed by atoms with Crippen molar-refractivity contribution in [1.29, 1.82) is 0 Å². The van der Waals surface area contributed by atoms with Crippen molar-refractivity contribution in [2.24, 2.45) is 0 Å². The molecule has 2 rings (SSSR count). The van der Waals surface area contributed by atoms with Crippen LogP contribution in [-0.2, 0) is 0 Å². The van der Waals surface area contributed by atoms with E-state index >= 15 is 0 Å². The molecular weight excluding hydrogens is 256 g/mol. The molecule has 20 heavy (non-hydrogen) atoms. The summed E-state index contributed by atoms with van der Waals surface area (Å²) in [6.07, 6.45) is 2.52. The zero-order valence-corrected chi connectivity index (χ0v) is 11.6. The summed E-state index contributed by atoms with van der Waals surface area (Å²) in [6.45, 7) is 3.83. The topological polar surface area (TPSA) is 26.0 Å². The standard InChI is InChI=1S/C17H17F2N/c1-3-12(13-4-6-15(18)7-5-13)9-14-8-11(2)17(20)10-16(14)19/h4-10H,3,20H2,1-2H3/b12-9-. The van der Waals surface area contributed by atoms with Gasteiger partial charge in [0.15, 0.2) is 0 Å². The fourth-order valence-electron chi connectivity index (χ4n) is 2.07. The molecule has 0 aliphatic heterocycles. The van der Waals surface area contributed by atoms with Crippen molar-refractivity contribution in [3.05, 3.63) is 64.7 Å². The second kappa shape index (κ2) is 5.87. The molecule has 0 aliphatic rings. The van der Waals surface area contributed by atoms with Crippen LogP contribution in [0.25, 0.3) is 11.6 Å². The summed E-state index contributed by atoms with van der Waals surface area (Å²) >= 11 is 0. The van der Waals surface area contributed by atoms with Crippen LogP contribution in [0.4, 0.5) is 14.5 Å². The first-order valence-corrected chi connectivity index (χ1v) is 6.53. The molecule has 0 aromatic heterocycles. The van der Waals surface area contributed by atoms with Crippen LogP contribution >= 0.6 is 0 Å². The van der Waals surface area contributed by atoms with Gasteiger partial charge in [-0.05, 0) is 60.4 Å². The zero-order chi connectivity index (χ0) is 14.7. The van der Waals surface area contributed by atoms with Crippen molar-refractivity contribution in [2.75, 3.05) is 5.73 Å². The van der Waals surface area contributed by atoms with E-state index in [2.05, 4.69) is 0 Å². The lowest BCUT2D eigenvalue weighted by Gasteiger charge is -2.08. The Labute approximate surface area is 117 Å². The Hall–Kier alpha value is -2.16. The second-order valence-electron chi connectivity index (χ2n) is 4.76. The van der Waals surface area contributed by atoms with Crippen molar-refractivity contribution in [2.45, 2.75) is 20.3 Å². The van der Waals surface area contributed by atoms with Crippen molar-refractivity contribution in [3.63, 3.8) is 0 Å². The number of halogens is 2. The highest BCUT2D eigenvalue weighted by atomic mass is 19.1. The number of nitrogen functional groups attached to an aromatic ring is 1. The largest absolute Gasteiger partial charge is 0.398 e. The Morgan fingerprint density at radius 2 is 1.80 bits per heavy atom. The maximum absolute atomic E-state index is 13.9. The summed E-state index contributed by atoms with van der Waals surface area (Å²) in [7, 11) is 0. The Morgan fingerprint density at radius 3 is 2.40 bits per heavy atom. The molecule has 0 atom stereocenters. The van der Waals surface area contributed by atoms with Crippen molar-refractivity contribution in [3.8, 4) is 0 Å². The van der Waals surface area contributed by atoms with Gasteiger partial charge in [-0.25, -0.2) is 8.78 Å². The molecule has 2 aromatic rings. The van der Waals surface area contributed by atoms with E-state index in [1.54, 1.807) is 24.3 Å². The van der Waals surface area contributed by atoms with E-state index in [4.69, 9.17) is 5.73 Å². The first-order valence-electron chi connectivity index (χ1n) is 6.53. The summed E-state index contributed by atoms with van der Waals surface area (Å²) in [5.74, 6) is -0.625. The minimum atomic E-state index is -0.346. The molecular formula is C17H17F2N. The molecule has 0 radical (unpaired) electrons. The summed E-state index contributed by atoms with van der Waals surface area (Å²) in [5.41, 5.74) is 9.30. The normalized spacial score (nSPS) is 11.7. The van der Waals surface area contributed by atoms with Gasteiger partial charge in [0, 0.05) is 11.3 Å². The van der Waals surface area contributed by atoms with Crippen LogP contribution in [0.2, 0.25) is 0 Å². The Bertz CT molecular complexity index is 643. The highest BCUT2D eigenvalue weighted by Gasteiger charge is 2.06. The van der Waals surface area contributed by atoms with Crippen LogP contribution in [-0.4, -0.2) is 0 Å². The SMILES string of the molecule is CC/C(=C/c1cc(C)c(N)cc1F)c1ccc(F)cc1. The van der Waals surface area contributed by atoms with E-state index < -0.39 is 0 Å². The van der Waals surface area contributed by atoms with Crippen molar-refractivity contribution in [1.82, 2.24) is 0 Å². The van der Waals surface area contributed by atoms with Gasteiger partial charge in [0.2, 0.25) is 0 Å². The Morgan fingerprint density at radius 1 is 1.15 bits per heavy atom. The van der Waals surface area contributed by atoms with Crippen LogP contribution in [0, 0.1) is 18.6 Å². The first-order chi connectivity index (χ1) is 9.51. The minimum Gasteiger partial charge on any atom is -0.398 e. The molecule has 3 heteroatoms. The van der Waals surface area contributed by atoms with E-state index in [0.29, 0.717) is 11.3 Å². The van der Waals surface area contributed by atoms with Gasteiger partial charge in [0.25, 0.3) is 0 Å². The van der Waals surface area contributed by atoms with Gasteiger partial charge in [-0.3, -0.25) is 0 Å². The molecule has 0 heterocycles. The molecule has 2 N–H and O–H groups in total. The van der Waals surface area contributed by atoms with Crippen LogP contribution in [0.5, 0.6) is 0 Å². The summed E-state index contributed by atoms with van der Waals surface area (Å²) in [4.78, 5) is 0. The number of nitrogens with two attached hydrogens (primary N) is 1. The highest BCUT2D eigenvalue weighted by molar-refractivity contribution is 5.82. The monoisotopic (exact) mass is 273 g/mol. The van der Waals surface area contributed by atoms with Gasteiger partial charge in [-0.1, -0.05) is 19.1 Å². The molecule has 0 amide bonds. The molecule has 0 spiro atoms. The van der Waals surface area contributed by atoms with Crippen LogP contribution < -0.4 is 5.73 Å². The summed E-state index contributed by atoms with van der Waals surface area (Å²) in [6, 6.07) is 9.27. The highest BCUT2D eigenvalue weighted by Crippen LogP contribution is 2.25. The minimum absolute atomic E-state index is 0.279. The van der Waals surface area contributed by atoms with Crippen molar-refractivity contribution < 1.29 is 8.78 Å². The predicted molar refractivity (Wildman–Crippen MR) is 80.1 cm³/mol.